The molecule has 1 aliphatic rings. The van der Waals surface area contributed by atoms with Crippen molar-refractivity contribution in [2.45, 2.75) is 5.38 Å². The number of allylic oxidation sites excluding steroid dienone is 1. The van der Waals surface area contributed by atoms with Crippen LogP contribution in [0, 0.1) is 5.82 Å². The van der Waals surface area contributed by atoms with Crippen LogP contribution in [-0.4, -0.2) is 11.8 Å². The lowest BCUT2D eigenvalue weighted by Gasteiger charge is -2.10. The van der Waals surface area contributed by atoms with E-state index in [1.807, 2.05) is 6.07 Å². The number of benzene rings is 3. The van der Waals surface area contributed by atoms with E-state index in [1.54, 1.807) is 24.3 Å². The Labute approximate surface area is 181 Å². The number of hydrogen-bond donors (Lipinski definition) is 0. The molecule has 7 heteroatoms. The van der Waals surface area contributed by atoms with Crippen molar-refractivity contribution in [2.24, 2.45) is 0 Å². The van der Waals surface area contributed by atoms with Gasteiger partial charge in [-0.3, -0.25) is 4.79 Å². The summed E-state index contributed by atoms with van der Waals surface area (Å²) in [6.45, 7) is 0. The lowest BCUT2D eigenvalue weighted by atomic mass is 10.1. The van der Waals surface area contributed by atoms with Gasteiger partial charge in [0.05, 0.1) is 10.6 Å². The highest BCUT2D eigenvalue weighted by molar-refractivity contribution is 6.32. The van der Waals surface area contributed by atoms with Gasteiger partial charge in [0, 0.05) is 11.6 Å². The molecule has 1 unspecified atom stereocenters. The Bertz CT molecular complexity index is 1150. The van der Waals surface area contributed by atoms with E-state index in [2.05, 4.69) is 0 Å². The minimum absolute atomic E-state index is 0.0508. The highest BCUT2D eigenvalue weighted by Gasteiger charge is 2.29. The molecule has 0 amide bonds. The molecule has 0 saturated heterocycles. The quantitative estimate of drug-likeness (QED) is 0.216. The summed E-state index contributed by atoms with van der Waals surface area (Å²) >= 11 is 12.2. The van der Waals surface area contributed by atoms with E-state index >= 15 is 0 Å². The zero-order chi connectivity index (χ0) is 21.3. The molecule has 1 aliphatic heterocycles. The van der Waals surface area contributed by atoms with Gasteiger partial charge in [0.2, 0.25) is 5.78 Å². The van der Waals surface area contributed by atoms with Crippen molar-refractivity contribution in [3.05, 3.63) is 100 Å². The van der Waals surface area contributed by atoms with Gasteiger partial charge in [-0.2, -0.15) is 0 Å². The minimum atomic E-state index is -0.986. The SMILES string of the molecule is O=C1/C(=C/c2c(F)cccc2Cl)Oc2cc(OC(=O)C(Cl)c3ccccc3)ccc21. The van der Waals surface area contributed by atoms with Crippen LogP contribution in [0.25, 0.3) is 6.08 Å². The molecule has 0 aromatic heterocycles. The summed E-state index contributed by atoms with van der Waals surface area (Å²) in [5.74, 6) is -1.40. The third kappa shape index (κ3) is 3.95. The van der Waals surface area contributed by atoms with Crippen molar-refractivity contribution in [3.63, 3.8) is 0 Å². The molecule has 1 heterocycles. The Morgan fingerprint density at radius 3 is 2.57 bits per heavy atom. The zero-order valence-electron chi connectivity index (χ0n) is 15.3. The number of fused-ring (bicyclic) bond motifs is 1. The summed E-state index contributed by atoms with van der Waals surface area (Å²) < 4.78 is 24.9. The second-order valence-corrected chi connectivity index (χ2v) is 7.27. The van der Waals surface area contributed by atoms with E-state index in [-0.39, 0.29) is 33.4 Å². The summed E-state index contributed by atoms with van der Waals surface area (Å²) in [6.07, 6.45) is 1.25. The van der Waals surface area contributed by atoms with Crippen LogP contribution in [0.15, 0.2) is 72.5 Å². The molecule has 1 atom stereocenters. The lowest BCUT2D eigenvalue weighted by Crippen LogP contribution is -2.14. The maximum atomic E-state index is 14.0. The molecule has 0 fully saturated rings. The largest absolute Gasteiger partial charge is 0.452 e. The van der Waals surface area contributed by atoms with Gasteiger partial charge < -0.3 is 9.47 Å². The number of rotatable bonds is 4. The topological polar surface area (TPSA) is 52.6 Å². The van der Waals surface area contributed by atoms with Crippen molar-refractivity contribution >= 4 is 41.0 Å². The molecule has 30 heavy (non-hydrogen) atoms. The Kier molecular flexibility index (Phi) is 5.57. The van der Waals surface area contributed by atoms with E-state index in [4.69, 9.17) is 32.7 Å². The van der Waals surface area contributed by atoms with Crippen molar-refractivity contribution in [1.82, 2.24) is 0 Å². The van der Waals surface area contributed by atoms with Crippen molar-refractivity contribution in [1.29, 1.82) is 0 Å². The number of ketones is 1. The number of carbonyl (C=O) groups excluding carboxylic acids is 2. The second-order valence-electron chi connectivity index (χ2n) is 6.43. The highest BCUT2D eigenvalue weighted by atomic mass is 35.5. The Balaban J connectivity index is 1.55. The summed E-state index contributed by atoms with van der Waals surface area (Å²) in [5, 5.41) is -0.834. The maximum Gasteiger partial charge on any atom is 0.334 e. The Morgan fingerprint density at radius 2 is 1.83 bits per heavy atom. The molecule has 0 saturated carbocycles. The summed E-state index contributed by atoms with van der Waals surface area (Å²) in [6, 6.07) is 17.3. The average molecular weight is 443 g/mol. The third-order valence-electron chi connectivity index (χ3n) is 4.43. The third-order valence-corrected chi connectivity index (χ3v) is 5.19. The molecule has 3 aromatic rings. The van der Waals surface area contributed by atoms with E-state index in [1.165, 1.54) is 42.5 Å². The fraction of sp³-hybridized carbons (Fsp3) is 0.0435. The van der Waals surface area contributed by atoms with Gasteiger partial charge >= 0.3 is 5.97 Å². The standard InChI is InChI=1S/C23H13Cl2FO4/c24-17-7-4-8-18(26)16(17)12-20-22(27)15-10-9-14(11-19(15)30-20)29-23(28)21(25)13-5-2-1-3-6-13/h1-12,21H/b20-12-. The van der Waals surface area contributed by atoms with Crippen LogP contribution in [-0.2, 0) is 4.79 Å². The first kappa shape index (κ1) is 20.1. The molecule has 0 N–H and O–H groups in total. The van der Waals surface area contributed by atoms with E-state index in [0.717, 1.165) is 0 Å². The van der Waals surface area contributed by atoms with Gasteiger partial charge in [0.25, 0.3) is 0 Å². The van der Waals surface area contributed by atoms with Crippen LogP contribution in [0.4, 0.5) is 4.39 Å². The molecular formula is C23H13Cl2FO4. The van der Waals surface area contributed by atoms with Crippen molar-refractivity contribution < 1.29 is 23.5 Å². The molecule has 150 valence electrons. The number of alkyl halides is 1. The molecule has 0 bridgehead atoms. The maximum absolute atomic E-state index is 14.0. The molecule has 4 rings (SSSR count). The van der Waals surface area contributed by atoms with Crippen LogP contribution in [0.1, 0.15) is 26.9 Å². The number of ether oxygens (including phenoxy) is 2. The molecule has 0 aliphatic carbocycles. The van der Waals surface area contributed by atoms with Gasteiger partial charge in [0.1, 0.15) is 17.3 Å². The van der Waals surface area contributed by atoms with Gasteiger partial charge in [-0.05, 0) is 35.9 Å². The number of hydrogen-bond acceptors (Lipinski definition) is 4. The number of halogens is 3. The van der Waals surface area contributed by atoms with Gasteiger partial charge in [0.15, 0.2) is 11.1 Å². The van der Waals surface area contributed by atoms with Gasteiger partial charge in [-0.15, -0.1) is 11.6 Å². The van der Waals surface area contributed by atoms with Crippen LogP contribution in [0.2, 0.25) is 5.02 Å². The summed E-state index contributed by atoms with van der Waals surface area (Å²) in [5.41, 5.74) is 0.914. The minimum Gasteiger partial charge on any atom is -0.452 e. The monoisotopic (exact) mass is 442 g/mol. The second kappa shape index (κ2) is 8.30. The van der Waals surface area contributed by atoms with Crippen molar-refractivity contribution in [2.75, 3.05) is 0 Å². The van der Waals surface area contributed by atoms with Crippen LogP contribution in [0.5, 0.6) is 11.5 Å². The first-order chi connectivity index (χ1) is 14.4. The van der Waals surface area contributed by atoms with Crippen LogP contribution in [0.3, 0.4) is 0 Å². The lowest BCUT2D eigenvalue weighted by molar-refractivity contribution is -0.134. The first-order valence-electron chi connectivity index (χ1n) is 8.87. The van der Waals surface area contributed by atoms with Crippen LogP contribution >= 0.6 is 23.2 Å². The van der Waals surface area contributed by atoms with Crippen molar-refractivity contribution in [3.8, 4) is 11.5 Å². The molecule has 4 nitrogen and oxygen atoms in total. The zero-order valence-corrected chi connectivity index (χ0v) is 16.8. The average Bonchev–Trinajstić information content (AvgIpc) is 3.05. The molecule has 3 aromatic carbocycles. The first-order valence-corrected chi connectivity index (χ1v) is 9.68. The van der Waals surface area contributed by atoms with E-state index in [0.29, 0.717) is 5.56 Å². The predicted molar refractivity (Wildman–Crippen MR) is 111 cm³/mol. The van der Waals surface area contributed by atoms with Crippen LogP contribution < -0.4 is 9.47 Å². The Hall–Kier alpha value is -3.15. The van der Waals surface area contributed by atoms with E-state index in [9.17, 15) is 14.0 Å². The number of esters is 1. The Morgan fingerprint density at radius 1 is 1.07 bits per heavy atom. The predicted octanol–water partition coefficient (Wildman–Crippen LogP) is 5.98. The van der Waals surface area contributed by atoms with E-state index < -0.39 is 22.9 Å². The number of carbonyl (C=O) groups is 2. The molecular weight excluding hydrogens is 430 g/mol. The fourth-order valence-corrected chi connectivity index (χ4v) is 3.34. The fourth-order valence-electron chi connectivity index (χ4n) is 2.94. The summed E-state index contributed by atoms with van der Waals surface area (Å²) in [4.78, 5) is 24.9. The number of Topliss-reactive ketones (excluding diaryl/α,β-unsaturated/α-hetero) is 1. The smallest absolute Gasteiger partial charge is 0.334 e. The molecule has 0 spiro atoms. The van der Waals surface area contributed by atoms with Gasteiger partial charge in [-0.25, -0.2) is 9.18 Å². The highest BCUT2D eigenvalue weighted by Crippen LogP contribution is 2.36. The summed E-state index contributed by atoms with van der Waals surface area (Å²) in [7, 11) is 0. The van der Waals surface area contributed by atoms with Gasteiger partial charge in [-0.1, -0.05) is 48.0 Å². The molecule has 0 radical (unpaired) electrons. The normalized spacial score (nSPS) is 14.9.